The number of aliphatic carboxylic acids is 2. The van der Waals surface area contributed by atoms with Crippen molar-refractivity contribution < 1.29 is 22.7 Å². The van der Waals surface area contributed by atoms with Gasteiger partial charge in [0.1, 0.15) is 0 Å². The van der Waals surface area contributed by atoms with E-state index in [1.165, 1.54) is 0 Å². The molecule has 0 spiro atoms. The monoisotopic (exact) mass is 171 g/mol. The summed E-state index contributed by atoms with van der Waals surface area (Å²) in [6, 6.07) is -1.21. The van der Waals surface area contributed by atoms with Gasteiger partial charge < -0.3 is 28.4 Å². The molecule has 0 unspecified atom stereocenters. The summed E-state index contributed by atoms with van der Waals surface area (Å²) in [5.41, 5.74) is 4.91. The summed E-state index contributed by atoms with van der Waals surface area (Å²) in [5, 5.41) is 19.6. The second-order valence-corrected chi connectivity index (χ2v) is 1.84. The zero-order valence-corrected chi connectivity index (χ0v) is 7.32. The Balaban J connectivity index is -0.000000135. The largest absolute Gasteiger partial charge is 2.00 e. The average molecular weight is 171 g/mol. The van der Waals surface area contributed by atoms with E-state index in [0.29, 0.717) is 0 Å². The van der Waals surface area contributed by atoms with E-state index in [0.717, 1.165) is 0 Å². The predicted molar refractivity (Wildman–Crippen MR) is 35.2 cm³/mol. The molecule has 0 aliphatic heterocycles. The fourth-order valence-corrected chi connectivity index (χ4v) is 0.391. The van der Waals surface area contributed by atoms with Crippen LogP contribution in [0.3, 0.4) is 0 Å². The molecule has 0 rings (SSSR count). The average Bonchev–Trinajstić information content (AvgIpc) is 1.82. The Kier molecular flexibility index (Phi) is 7.70. The van der Waals surface area contributed by atoms with Crippen LogP contribution < -0.4 is 15.9 Å². The maximum atomic E-state index is 9.86. The molecule has 0 amide bonds. The van der Waals surface area contributed by atoms with E-state index in [4.69, 9.17) is 5.73 Å². The molecule has 2 N–H and O–H groups in total. The van der Waals surface area contributed by atoms with Gasteiger partial charge in [0.2, 0.25) is 0 Å². The smallest absolute Gasteiger partial charge is 1.00 e. The van der Waals surface area contributed by atoms with Crippen molar-refractivity contribution in [2.75, 3.05) is 0 Å². The summed E-state index contributed by atoms with van der Waals surface area (Å²) in [6.07, 6.45) is -0.500. The summed E-state index contributed by atoms with van der Waals surface area (Å²) >= 11 is 0. The van der Waals surface area contributed by atoms with Crippen LogP contribution in [0, 0.1) is 0 Å². The van der Waals surface area contributed by atoms with E-state index in [1.54, 1.807) is 0 Å². The maximum Gasteiger partial charge on any atom is 2.00 e. The Morgan fingerprint density at radius 2 is 1.91 bits per heavy atom. The van der Waals surface area contributed by atoms with Crippen LogP contribution in [0.15, 0.2) is 0 Å². The van der Waals surface area contributed by atoms with Crippen LogP contribution in [-0.4, -0.2) is 41.0 Å². The second-order valence-electron chi connectivity index (χ2n) is 1.84. The SMILES string of the molecule is N[C@@H](CCC(=O)[O-])C(=O)[O-].[H-].[H-].[Mg+2]. The fraction of sp³-hybridized carbons (Fsp3) is 0.600. The molecule has 0 heterocycles. The molecule has 0 radical (unpaired) electrons. The van der Waals surface area contributed by atoms with Gasteiger partial charge in [-0.2, -0.15) is 0 Å². The number of carbonyl (C=O) groups is 2. The van der Waals surface area contributed by atoms with E-state index >= 15 is 0 Å². The first kappa shape index (κ1) is 13.3. The molecule has 0 fully saturated rings. The third-order valence-electron chi connectivity index (χ3n) is 0.962. The van der Waals surface area contributed by atoms with Gasteiger partial charge in [-0.05, 0) is 12.8 Å². The Morgan fingerprint density at radius 1 is 1.45 bits per heavy atom. The molecule has 0 aromatic carbocycles. The number of hydrogen-bond donors (Lipinski definition) is 1. The summed E-state index contributed by atoms with van der Waals surface area (Å²) in [4.78, 5) is 19.6. The van der Waals surface area contributed by atoms with Gasteiger partial charge in [0, 0.05) is 12.0 Å². The summed E-state index contributed by atoms with van der Waals surface area (Å²) in [7, 11) is 0. The maximum absolute atomic E-state index is 9.86. The van der Waals surface area contributed by atoms with Crippen LogP contribution in [-0.2, 0) is 9.59 Å². The minimum absolute atomic E-state index is 0. The molecule has 1 atom stereocenters. The van der Waals surface area contributed by atoms with E-state index in [9.17, 15) is 19.8 Å². The number of hydrogen-bond acceptors (Lipinski definition) is 5. The molecule has 5 nitrogen and oxygen atoms in total. The first-order valence-electron chi connectivity index (χ1n) is 2.70. The summed E-state index contributed by atoms with van der Waals surface area (Å²) in [5.74, 6) is -2.75. The topological polar surface area (TPSA) is 106 Å². The molecule has 6 heteroatoms. The third kappa shape index (κ3) is 7.56. The van der Waals surface area contributed by atoms with Crippen LogP contribution in [0.2, 0.25) is 0 Å². The van der Waals surface area contributed by atoms with Gasteiger partial charge >= 0.3 is 23.1 Å². The van der Waals surface area contributed by atoms with Gasteiger partial charge in [0.15, 0.2) is 0 Å². The van der Waals surface area contributed by atoms with E-state index in [2.05, 4.69) is 0 Å². The van der Waals surface area contributed by atoms with Gasteiger partial charge in [-0.1, -0.05) is 0 Å². The van der Waals surface area contributed by atoms with Crippen molar-refractivity contribution in [2.24, 2.45) is 5.73 Å². The minimum atomic E-state index is -1.44. The molecule has 0 bridgehead atoms. The van der Waals surface area contributed by atoms with Crippen molar-refractivity contribution in [1.82, 2.24) is 0 Å². The van der Waals surface area contributed by atoms with Gasteiger partial charge in [0.05, 0.1) is 5.97 Å². The number of nitrogens with two attached hydrogens (primary N) is 1. The Hall–Kier alpha value is -0.334. The third-order valence-corrected chi connectivity index (χ3v) is 0.962. The Bertz CT molecular complexity index is 157. The van der Waals surface area contributed by atoms with Gasteiger partial charge in [-0.15, -0.1) is 0 Å². The molecular formula is C5H9MgNO4-2. The number of carboxylic acids is 2. The van der Waals surface area contributed by atoms with Gasteiger partial charge in [0.25, 0.3) is 0 Å². The first-order valence-corrected chi connectivity index (χ1v) is 2.70. The molecule has 0 aliphatic rings. The predicted octanol–water partition coefficient (Wildman–Crippen LogP) is -3.56. The zero-order valence-electron chi connectivity index (χ0n) is 7.91. The minimum Gasteiger partial charge on any atom is -1.00 e. The molecule has 0 aromatic heterocycles. The first-order chi connectivity index (χ1) is 4.54. The van der Waals surface area contributed by atoms with E-state index in [1.807, 2.05) is 0 Å². The van der Waals surface area contributed by atoms with Crippen LogP contribution in [0.1, 0.15) is 15.7 Å². The number of carboxylic acid groups (broad SMARTS) is 2. The van der Waals surface area contributed by atoms with Crippen LogP contribution in [0.25, 0.3) is 0 Å². The van der Waals surface area contributed by atoms with Crippen molar-refractivity contribution in [3.8, 4) is 0 Å². The zero-order chi connectivity index (χ0) is 8.15. The molecule has 62 valence electrons. The van der Waals surface area contributed by atoms with Crippen molar-refractivity contribution in [3.05, 3.63) is 0 Å². The van der Waals surface area contributed by atoms with Crippen molar-refractivity contribution in [3.63, 3.8) is 0 Å². The fourth-order valence-electron chi connectivity index (χ4n) is 0.391. The number of rotatable bonds is 4. The van der Waals surface area contributed by atoms with Crippen molar-refractivity contribution in [1.29, 1.82) is 0 Å². The van der Waals surface area contributed by atoms with Crippen molar-refractivity contribution >= 4 is 35.0 Å². The molecule has 11 heavy (non-hydrogen) atoms. The van der Waals surface area contributed by atoms with Gasteiger partial charge in [-0.25, -0.2) is 0 Å². The van der Waals surface area contributed by atoms with Gasteiger partial charge in [-0.3, -0.25) is 0 Å². The standard InChI is InChI=1S/C5H9NO4.Mg.2H/c6-3(5(9)10)1-2-4(7)8;;;/h3H,1-2,6H2,(H,7,8)(H,9,10);;;/q;+2;2*-1/p-2/t3-;;;/m0.../s1. The second kappa shape index (κ2) is 6.38. The molecule has 0 aromatic rings. The van der Waals surface area contributed by atoms with E-state index in [-0.39, 0.29) is 38.7 Å². The molecule has 0 saturated carbocycles. The Morgan fingerprint density at radius 3 is 2.18 bits per heavy atom. The molecular weight excluding hydrogens is 162 g/mol. The summed E-state index contributed by atoms with van der Waals surface area (Å²) < 4.78 is 0. The molecule has 0 aliphatic carbocycles. The Labute approximate surface area is 82.7 Å². The van der Waals surface area contributed by atoms with E-state index < -0.39 is 18.0 Å². The number of carbonyl (C=O) groups excluding carboxylic acids is 2. The van der Waals surface area contributed by atoms with Crippen molar-refractivity contribution in [2.45, 2.75) is 18.9 Å². The quantitative estimate of drug-likeness (QED) is 0.441. The molecule has 0 saturated heterocycles. The normalized spacial score (nSPS) is 11.4. The summed E-state index contributed by atoms with van der Waals surface area (Å²) in [6.45, 7) is 0. The van der Waals surface area contributed by atoms with Crippen LogP contribution in [0.4, 0.5) is 0 Å². The van der Waals surface area contributed by atoms with Crippen LogP contribution >= 0.6 is 0 Å². The van der Waals surface area contributed by atoms with Crippen LogP contribution in [0.5, 0.6) is 0 Å².